The van der Waals surface area contributed by atoms with E-state index in [2.05, 4.69) is 5.32 Å². The number of amides is 1. The molecule has 0 saturated carbocycles. The summed E-state index contributed by atoms with van der Waals surface area (Å²) in [5.41, 5.74) is 9.83. The molecule has 0 heterocycles. The van der Waals surface area contributed by atoms with Crippen LogP contribution in [-0.2, 0) is 21.1 Å². The Morgan fingerprint density at radius 3 is 2.50 bits per heavy atom. The minimum absolute atomic E-state index is 0. The normalized spacial score (nSPS) is 11.1. The third-order valence-electron chi connectivity index (χ3n) is 4.77. The van der Waals surface area contributed by atoms with Gasteiger partial charge in [0.05, 0.1) is 17.0 Å². The zero-order chi connectivity index (χ0) is 21.9. The SMILES string of the molecule is Cc1ccccc1CC(=O)Nc1ccc(N)c(C(=N)c2cccc(S(C)(=O)=O)c2)c1.[HH].[HH]. The molecule has 0 aliphatic carbocycles. The molecule has 0 fully saturated rings. The van der Waals surface area contributed by atoms with Crippen molar-refractivity contribution in [2.24, 2.45) is 0 Å². The average Bonchev–Trinajstić information content (AvgIpc) is 2.70. The molecule has 0 bridgehead atoms. The second-order valence-corrected chi connectivity index (χ2v) is 9.14. The average molecular weight is 426 g/mol. The van der Waals surface area contributed by atoms with Gasteiger partial charge in [-0.3, -0.25) is 10.2 Å². The first-order valence-electron chi connectivity index (χ1n) is 9.28. The molecule has 6 nitrogen and oxygen atoms in total. The van der Waals surface area contributed by atoms with E-state index >= 15 is 0 Å². The van der Waals surface area contributed by atoms with E-state index in [1.54, 1.807) is 30.3 Å². The van der Waals surface area contributed by atoms with E-state index in [0.717, 1.165) is 17.4 Å². The molecule has 30 heavy (non-hydrogen) atoms. The maximum absolute atomic E-state index is 12.5. The van der Waals surface area contributed by atoms with Crippen molar-refractivity contribution >= 4 is 32.8 Å². The molecule has 0 radical (unpaired) electrons. The topological polar surface area (TPSA) is 113 Å². The van der Waals surface area contributed by atoms with Crippen LogP contribution in [0.3, 0.4) is 0 Å². The van der Waals surface area contributed by atoms with Crippen LogP contribution < -0.4 is 11.1 Å². The Kier molecular flexibility index (Phi) is 6.03. The van der Waals surface area contributed by atoms with Crippen LogP contribution >= 0.6 is 0 Å². The molecule has 0 unspecified atom stereocenters. The molecule has 0 aromatic heterocycles. The predicted molar refractivity (Wildman–Crippen MR) is 124 cm³/mol. The number of nitrogens with two attached hydrogens (primary N) is 1. The van der Waals surface area contributed by atoms with Crippen molar-refractivity contribution < 1.29 is 16.1 Å². The summed E-state index contributed by atoms with van der Waals surface area (Å²) in [6.07, 6.45) is 1.36. The van der Waals surface area contributed by atoms with Crippen molar-refractivity contribution in [1.29, 1.82) is 5.41 Å². The lowest BCUT2D eigenvalue weighted by Crippen LogP contribution is -2.16. The standard InChI is InChI=1S/C23H23N3O3S.2H2/c1-15-6-3-4-7-16(15)13-22(27)26-18-10-11-21(24)20(14-18)23(25)17-8-5-9-19(12-17)30(2,28)29;;/h3-12,14,25H,13,24H2,1-2H3,(H,26,27);2*1H. The minimum atomic E-state index is -3.39. The second kappa shape index (κ2) is 8.51. The summed E-state index contributed by atoms with van der Waals surface area (Å²) in [6.45, 7) is 1.95. The number of nitrogen functional groups attached to an aromatic ring is 1. The minimum Gasteiger partial charge on any atom is -0.398 e. The van der Waals surface area contributed by atoms with Gasteiger partial charge in [-0.15, -0.1) is 0 Å². The van der Waals surface area contributed by atoms with E-state index in [0.29, 0.717) is 22.5 Å². The van der Waals surface area contributed by atoms with Crippen LogP contribution in [0, 0.1) is 12.3 Å². The monoisotopic (exact) mass is 425 g/mol. The number of benzene rings is 3. The van der Waals surface area contributed by atoms with E-state index in [-0.39, 0.29) is 25.8 Å². The maximum atomic E-state index is 12.5. The third kappa shape index (κ3) is 4.93. The molecule has 0 saturated heterocycles. The lowest BCUT2D eigenvalue weighted by Gasteiger charge is -2.12. The van der Waals surface area contributed by atoms with Crippen LogP contribution in [0.25, 0.3) is 0 Å². The highest BCUT2D eigenvalue weighted by Crippen LogP contribution is 2.23. The van der Waals surface area contributed by atoms with Gasteiger partial charge >= 0.3 is 0 Å². The van der Waals surface area contributed by atoms with E-state index in [4.69, 9.17) is 11.1 Å². The van der Waals surface area contributed by atoms with Gasteiger partial charge < -0.3 is 11.1 Å². The van der Waals surface area contributed by atoms with Crippen LogP contribution in [0.4, 0.5) is 11.4 Å². The van der Waals surface area contributed by atoms with E-state index < -0.39 is 9.84 Å². The molecule has 1 amide bonds. The molecule has 7 heteroatoms. The van der Waals surface area contributed by atoms with Crippen molar-refractivity contribution in [2.75, 3.05) is 17.3 Å². The molecule has 0 atom stereocenters. The molecule has 158 valence electrons. The third-order valence-corrected chi connectivity index (χ3v) is 5.88. The summed E-state index contributed by atoms with van der Waals surface area (Å²) < 4.78 is 23.6. The molecule has 3 aromatic carbocycles. The van der Waals surface area contributed by atoms with Crippen molar-refractivity contribution in [2.45, 2.75) is 18.2 Å². The van der Waals surface area contributed by atoms with Crippen molar-refractivity contribution in [1.82, 2.24) is 0 Å². The van der Waals surface area contributed by atoms with Gasteiger partial charge in [0.2, 0.25) is 5.91 Å². The molecular weight excluding hydrogens is 398 g/mol. The Balaban J connectivity index is 0.00000256. The summed E-state index contributed by atoms with van der Waals surface area (Å²) in [5, 5.41) is 11.4. The Morgan fingerprint density at radius 2 is 1.80 bits per heavy atom. The zero-order valence-corrected chi connectivity index (χ0v) is 17.6. The highest BCUT2D eigenvalue weighted by Gasteiger charge is 2.14. The van der Waals surface area contributed by atoms with Gasteiger partial charge in [-0.2, -0.15) is 0 Å². The molecule has 0 aliphatic heterocycles. The van der Waals surface area contributed by atoms with Crippen LogP contribution in [0.1, 0.15) is 25.1 Å². The highest BCUT2D eigenvalue weighted by molar-refractivity contribution is 7.90. The number of sulfone groups is 1. The highest BCUT2D eigenvalue weighted by atomic mass is 32.2. The fourth-order valence-electron chi connectivity index (χ4n) is 3.07. The summed E-state index contributed by atoms with van der Waals surface area (Å²) in [4.78, 5) is 12.6. The first-order chi connectivity index (χ1) is 14.1. The summed E-state index contributed by atoms with van der Waals surface area (Å²) in [5.74, 6) is -0.175. The number of hydrogen-bond acceptors (Lipinski definition) is 5. The fourth-order valence-corrected chi connectivity index (χ4v) is 3.74. The Labute approximate surface area is 179 Å². The van der Waals surface area contributed by atoms with E-state index in [9.17, 15) is 13.2 Å². The van der Waals surface area contributed by atoms with Crippen LogP contribution in [0.5, 0.6) is 0 Å². The van der Waals surface area contributed by atoms with Gasteiger partial charge in [0.1, 0.15) is 0 Å². The lowest BCUT2D eigenvalue weighted by atomic mass is 10.00. The molecular formula is C23H27N3O3S. The number of aryl methyl sites for hydroxylation is 1. The summed E-state index contributed by atoms with van der Waals surface area (Å²) >= 11 is 0. The first kappa shape index (κ1) is 21.3. The Morgan fingerprint density at radius 1 is 1.07 bits per heavy atom. The van der Waals surface area contributed by atoms with Crippen molar-refractivity contribution in [3.05, 3.63) is 89.0 Å². The zero-order valence-electron chi connectivity index (χ0n) is 16.8. The van der Waals surface area contributed by atoms with Gasteiger partial charge in [-0.1, -0.05) is 36.4 Å². The summed E-state index contributed by atoms with van der Waals surface area (Å²) in [6, 6.07) is 18.8. The van der Waals surface area contributed by atoms with Gasteiger partial charge in [-0.25, -0.2) is 8.42 Å². The van der Waals surface area contributed by atoms with Crippen molar-refractivity contribution in [3.8, 4) is 0 Å². The van der Waals surface area contributed by atoms with Crippen LogP contribution in [0.2, 0.25) is 0 Å². The number of hydrogen-bond donors (Lipinski definition) is 3. The first-order valence-corrected chi connectivity index (χ1v) is 11.2. The van der Waals surface area contributed by atoms with Crippen LogP contribution in [0.15, 0.2) is 71.6 Å². The number of nitrogens with one attached hydrogen (secondary N) is 2. The summed E-state index contributed by atoms with van der Waals surface area (Å²) in [7, 11) is -3.39. The quantitative estimate of drug-likeness (QED) is 0.408. The number of rotatable bonds is 6. The number of anilines is 2. The van der Waals surface area contributed by atoms with Gasteiger partial charge in [0.25, 0.3) is 0 Å². The lowest BCUT2D eigenvalue weighted by molar-refractivity contribution is -0.115. The molecule has 0 spiro atoms. The van der Waals surface area contributed by atoms with E-state index in [1.807, 2.05) is 31.2 Å². The molecule has 3 rings (SSSR count). The Bertz CT molecular complexity index is 1240. The molecule has 4 N–H and O–H groups in total. The molecule has 3 aromatic rings. The van der Waals surface area contributed by atoms with Gasteiger partial charge in [0.15, 0.2) is 9.84 Å². The second-order valence-electron chi connectivity index (χ2n) is 7.13. The van der Waals surface area contributed by atoms with Crippen LogP contribution in [-0.4, -0.2) is 26.3 Å². The number of carbonyl (C=O) groups excluding carboxylic acids is 1. The Hall–Kier alpha value is -3.45. The predicted octanol–water partition coefficient (Wildman–Crippen LogP) is 4.07. The maximum Gasteiger partial charge on any atom is 0.228 e. The largest absolute Gasteiger partial charge is 0.398 e. The smallest absolute Gasteiger partial charge is 0.228 e. The van der Waals surface area contributed by atoms with Gasteiger partial charge in [0, 0.05) is 31.6 Å². The number of carbonyl (C=O) groups is 1. The van der Waals surface area contributed by atoms with Gasteiger partial charge in [-0.05, 0) is 48.4 Å². The van der Waals surface area contributed by atoms with Crippen molar-refractivity contribution in [3.63, 3.8) is 0 Å². The van der Waals surface area contributed by atoms with E-state index in [1.165, 1.54) is 12.1 Å². The molecule has 0 aliphatic rings. The fraction of sp³-hybridized carbons (Fsp3) is 0.130.